The maximum absolute atomic E-state index is 13.0. The molecule has 0 bridgehead atoms. The van der Waals surface area contributed by atoms with Gasteiger partial charge >= 0.3 is 0 Å². The van der Waals surface area contributed by atoms with Crippen LogP contribution in [0, 0.1) is 5.92 Å². The third-order valence-electron chi connectivity index (χ3n) is 6.73. The van der Waals surface area contributed by atoms with Gasteiger partial charge in [0.05, 0.1) is 11.4 Å². The highest BCUT2D eigenvalue weighted by molar-refractivity contribution is 7.15. The highest BCUT2D eigenvalue weighted by Gasteiger charge is 2.21. The number of benzene rings is 2. The number of imidazole rings is 1. The minimum absolute atomic E-state index is 0.288. The highest BCUT2D eigenvalue weighted by Crippen LogP contribution is 2.29. The van der Waals surface area contributed by atoms with Crippen molar-refractivity contribution in [2.45, 2.75) is 19.3 Å². The van der Waals surface area contributed by atoms with E-state index < -0.39 is 0 Å². The smallest absolute Gasteiger partial charge is 0.276 e. The fourth-order valence-corrected chi connectivity index (χ4v) is 5.49. The Hall–Kier alpha value is -4.04. The molecule has 180 valence electrons. The van der Waals surface area contributed by atoms with E-state index in [4.69, 9.17) is 0 Å². The first-order valence-corrected chi connectivity index (χ1v) is 13.1. The first-order chi connectivity index (χ1) is 17.7. The number of thiazole rings is 1. The Kier molecular flexibility index (Phi) is 6.17. The summed E-state index contributed by atoms with van der Waals surface area (Å²) in [6, 6.07) is 22.0. The van der Waals surface area contributed by atoms with Gasteiger partial charge in [0.1, 0.15) is 0 Å². The second kappa shape index (κ2) is 9.91. The van der Waals surface area contributed by atoms with Crippen LogP contribution in [0.5, 0.6) is 0 Å². The van der Waals surface area contributed by atoms with Gasteiger partial charge in [-0.25, -0.2) is 4.98 Å². The molecular formula is C28H26N6OS. The molecule has 36 heavy (non-hydrogen) atoms. The zero-order valence-electron chi connectivity index (χ0n) is 19.7. The molecule has 4 heterocycles. The number of anilines is 2. The Bertz CT molecular complexity index is 1440. The quantitative estimate of drug-likeness (QED) is 0.334. The summed E-state index contributed by atoms with van der Waals surface area (Å²) >= 11 is 1.57. The van der Waals surface area contributed by atoms with E-state index in [1.165, 1.54) is 5.56 Å². The molecule has 0 spiro atoms. The van der Waals surface area contributed by atoms with Crippen molar-refractivity contribution in [2.75, 3.05) is 23.3 Å². The summed E-state index contributed by atoms with van der Waals surface area (Å²) in [5.74, 6) is 1.22. The molecule has 1 saturated heterocycles. The third kappa shape index (κ3) is 4.72. The van der Waals surface area contributed by atoms with Crippen molar-refractivity contribution >= 4 is 33.7 Å². The van der Waals surface area contributed by atoms with Crippen molar-refractivity contribution in [3.8, 4) is 11.3 Å². The van der Waals surface area contributed by atoms with E-state index in [-0.39, 0.29) is 5.91 Å². The van der Waals surface area contributed by atoms with Gasteiger partial charge in [0.15, 0.2) is 16.5 Å². The molecule has 0 atom stereocenters. The van der Waals surface area contributed by atoms with Crippen LogP contribution in [0.2, 0.25) is 0 Å². The van der Waals surface area contributed by atoms with Crippen molar-refractivity contribution in [1.82, 2.24) is 19.6 Å². The number of hydrogen-bond acceptors (Lipinski definition) is 6. The monoisotopic (exact) mass is 494 g/mol. The number of rotatable bonds is 6. The topological polar surface area (TPSA) is 75.4 Å². The summed E-state index contributed by atoms with van der Waals surface area (Å²) in [7, 11) is 0. The maximum Gasteiger partial charge on any atom is 0.276 e. The minimum Gasteiger partial charge on any atom is -0.355 e. The second-order valence-corrected chi connectivity index (χ2v) is 9.99. The standard InChI is InChI=1S/C28H26N6OS/c35-27(29-23-9-5-4-8-22(23)25-19-34-16-17-36-28(34)30-25)24-10-11-26(32-31-24)33-14-12-21(13-15-33)18-20-6-2-1-3-7-20/h1-11,16-17,19,21H,12-15,18H2,(H,29,35). The molecule has 7 nitrogen and oxygen atoms in total. The van der Waals surface area contributed by atoms with Crippen LogP contribution in [0.15, 0.2) is 84.5 Å². The lowest BCUT2D eigenvalue weighted by Crippen LogP contribution is -2.35. The molecule has 1 amide bonds. The number of fused-ring (bicyclic) bond motifs is 1. The number of carbonyl (C=O) groups is 1. The van der Waals surface area contributed by atoms with Gasteiger partial charge in [0, 0.05) is 36.4 Å². The Balaban J connectivity index is 1.10. The van der Waals surface area contributed by atoms with Gasteiger partial charge in [0.25, 0.3) is 5.91 Å². The summed E-state index contributed by atoms with van der Waals surface area (Å²) in [4.78, 5) is 20.8. The Labute approximate surface area is 213 Å². The summed E-state index contributed by atoms with van der Waals surface area (Å²) in [5, 5.41) is 13.6. The highest BCUT2D eigenvalue weighted by atomic mass is 32.1. The molecule has 0 aliphatic carbocycles. The molecule has 1 N–H and O–H groups in total. The zero-order valence-corrected chi connectivity index (χ0v) is 20.6. The molecule has 0 saturated carbocycles. The lowest BCUT2D eigenvalue weighted by atomic mass is 9.90. The molecule has 1 aliphatic rings. The van der Waals surface area contributed by atoms with Crippen LogP contribution in [0.3, 0.4) is 0 Å². The van der Waals surface area contributed by atoms with E-state index in [2.05, 4.69) is 55.7 Å². The molecule has 0 unspecified atom stereocenters. The number of amides is 1. The second-order valence-electron chi connectivity index (χ2n) is 9.12. The molecular weight excluding hydrogens is 468 g/mol. The van der Waals surface area contributed by atoms with Gasteiger partial charge in [-0.1, -0.05) is 48.5 Å². The fourth-order valence-electron chi connectivity index (χ4n) is 4.79. The molecule has 0 radical (unpaired) electrons. The molecule has 1 fully saturated rings. The molecule has 6 rings (SSSR count). The largest absolute Gasteiger partial charge is 0.355 e. The van der Waals surface area contributed by atoms with Crippen LogP contribution >= 0.6 is 11.3 Å². The molecule has 8 heteroatoms. The summed E-state index contributed by atoms with van der Waals surface area (Å²) < 4.78 is 1.98. The lowest BCUT2D eigenvalue weighted by Gasteiger charge is -2.32. The average Bonchev–Trinajstić information content (AvgIpc) is 3.53. The number of hydrogen-bond donors (Lipinski definition) is 1. The summed E-state index contributed by atoms with van der Waals surface area (Å²) in [6.07, 6.45) is 7.32. The van der Waals surface area contributed by atoms with Crippen LogP contribution < -0.4 is 10.2 Å². The lowest BCUT2D eigenvalue weighted by molar-refractivity contribution is 0.102. The Morgan fingerprint density at radius 1 is 0.972 bits per heavy atom. The summed E-state index contributed by atoms with van der Waals surface area (Å²) in [6.45, 7) is 1.90. The number of aromatic nitrogens is 4. The normalized spacial score (nSPS) is 14.3. The number of nitrogens with one attached hydrogen (secondary N) is 1. The van der Waals surface area contributed by atoms with Crippen LogP contribution in [0.25, 0.3) is 16.2 Å². The van der Waals surface area contributed by atoms with Crippen LogP contribution in [0.4, 0.5) is 11.5 Å². The average molecular weight is 495 g/mol. The van der Waals surface area contributed by atoms with Crippen molar-refractivity contribution in [1.29, 1.82) is 0 Å². The predicted octanol–water partition coefficient (Wildman–Crippen LogP) is 5.56. The molecule has 5 aromatic rings. The van der Waals surface area contributed by atoms with Gasteiger partial charge in [-0.2, -0.15) is 0 Å². The van der Waals surface area contributed by atoms with E-state index in [1.807, 2.05) is 52.5 Å². The number of para-hydroxylation sites is 1. The van der Waals surface area contributed by atoms with Gasteiger partial charge in [0.2, 0.25) is 0 Å². The Morgan fingerprint density at radius 3 is 2.56 bits per heavy atom. The molecule has 1 aliphatic heterocycles. The van der Waals surface area contributed by atoms with Crippen LogP contribution in [-0.2, 0) is 6.42 Å². The molecule has 2 aromatic carbocycles. The van der Waals surface area contributed by atoms with Crippen molar-refractivity contribution in [3.63, 3.8) is 0 Å². The van der Waals surface area contributed by atoms with Crippen molar-refractivity contribution in [2.24, 2.45) is 5.92 Å². The van der Waals surface area contributed by atoms with Gasteiger partial charge < -0.3 is 10.2 Å². The van der Waals surface area contributed by atoms with Crippen molar-refractivity contribution < 1.29 is 4.79 Å². The minimum atomic E-state index is -0.288. The van der Waals surface area contributed by atoms with E-state index in [9.17, 15) is 4.79 Å². The SMILES string of the molecule is O=C(Nc1ccccc1-c1cn2ccsc2n1)c1ccc(N2CCC(Cc3ccccc3)CC2)nn1. The summed E-state index contributed by atoms with van der Waals surface area (Å²) in [5.41, 5.74) is 4.07. The zero-order chi connectivity index (χ0) is 24.3. The van der Waals surface area contributed by atoms with E-state index >= 15 is 0 Å². The first kappa shape index (κ1) is 22.4. The number of piperidine rings is 1. The number of nitrogens with zero attached hydrogens (tertiary/aromatic N) is 5. The van der Waals surface area contributed by atoms with E-state index in [1.54, 1.807) is 17.4 Å². The third-order valence-corrected chi connectivity index (χ3v) is 7.50. The van der Waals surface area contributed by atoms with E-state index in [0.717, 1.165) is 54.4 Å². The van der Waals surface area contributed by atoms with Crippen LogP contribution in [-0.4, -0.2) is 38.6 Å². The van der Waals surface area contributed by atoms with Gasteiger partial charge in [-0.05, 0) is 48.9 Å². The van der Waals surface area contributed by atoms with Crippen molar-refractivity contribution in [3.05, 3.63) is 95.8 Å². The fraction of sp³-hybridized carbons (Fsp3) is 0.214. The number of carbonyl (C=O) groups excluding carboxylic acids is 1. The van der Waals surface area contributed by atoms with Gasteiger partial charge in [-0.3, -0.25) is 9.20 Å². The van der Waals surface area contributed by atoms with Crippen LogP contribution in [0.1, 0.15) is 28.9 Å². The Morgan fingerprint density at radius 2 is 1.78 bits per heavy atom. The maximum atomic E-state index is 13.0. The predicted molar refractivity (Wildman–Crippen MR) is 144 cm³/mol. The van der Waals surface area contributed by atoms with E-state index in [0.29, 0.717) is 17.3 Å². The first-order valence-electron chi connectivity index (χ1n) is 12.2. The molecule has 3 aromatic heterocycles. The van der Waals surface area contributed by atoms with Gasteiger partial charge in [-0.15, -0.1) is 21.5 Å².